The predicted octanol–water partition coefficient (Wildman–Crippen LogP) is 3.25. The van der Waals surface area contributed by atoms with Crippen molar-refractivity contribution in [1.82, 2.24) is 0 Å². The van der Waals surface area contributed by atoms with Crippen molar-refractivity contribution >= 4 is 0 Å². The minimum Gasteiger partial charge on any atom is -0.378 e. The normalized spacial score (nSPS) is 29.2. The van der Waals surface area contributed by atoms with Crippen molar-refractivity contribution in [2.24, 2.45) is 11.3 Å². The maximum Gasteiger partial charge on any atom is 0.0819 e. The summed E-state index contributed by atoms with van der Waals surface area (Å²) in [5.74, 6) is 0.610. The molecule has 1 heterocycles. The minimum absolute atomic E-state index is 0.0617. The molecule has 0 aromatic heterocycles. The fourth-order valence-electron chi connectivity index (χ4n) is 1.98. The molecule has 0 bridgehead atoms. The first kappa shape index (κ1) is 13.0. The van der Waals surface area contributed by atoms with Crippen molar-refractivity contribution in [1.29, 1.82) is 0 Å². The summed E-state index contributed by atoms with van der Waals surface area (Å²) < 4.78 is 11.6. The zero-order valence-electron chi connectivity index (χ0n) is 11.1. The van der Waals surface area contributed by atoms with Crippen molar-refractivity contribution in [3.63, 3.8) is 0 Å². The number of hydrogen-bond donors (Lipinski definition) is 0. The largest absolute Gasteiger partial charge is 0.378 e. The lowest BCUT2D eigenvalue weighted by atomic mass is 9.77. The molecule has 1 saturated heterocycles. The molecule has 1 aliphatic heterocycles. The molecular weight excluding hydrogens is 188 g/mol. The van der Waals surface area contributed by atoms with Crippen molar-refractivity contribution in [3.8, 4) is 0 Å². The van der Waals surface area contributed by atoms with Gasteiger partial charge in [0.2, 0.25) is 0 Å². The van der Waals surface area contributed by atoms with Gasteiger partial charge in [-0.25, -0.2) is 0 Å². The van der Waals surface area contributed by atoms with E-state index in [-0.39, 0.29) is 11.7 Å². The molecule has 90 valence electrons. The van der Waals surface area contributed by atoms with E-state index in [0.29, 0.717) is 11.3 Å². The highest BCUT2D eigenvalue weighted by molar-refractivity contribution is 4.81. The second-order valence-corrected chi connectivity index (χ2v) is 6.69. The van der Waals surface area contributed by atoms with Crippen LogP contribution in [0.5, 0.6) is 0 Å². The molecule has 1 aliphatic rings. The molecular formula is C13H26O2. The van der Waals surface area contributed by atoms with Gasteiger partial charge in [0.05, 0.1) is 24.9 Å². The lowest BCUT2D eigenvalue weighted by Gasteiger charge is -2.39. The van der Waals surface area contributed by atoms with Gasteiger partial charge in [-0.2, -0.15) is 0 Å². The Balaban J connectivity index is 2.50. The molecule has 2 atom stereocenters. The summed E-state index contributed by atoms with van der Waals surface area (Å²) in [4.78, 5) is 0. The van der Waals surface area contributed by atoms with E-state index in [1.54, 1.807) is 0 Å². The zero-order chi connectivity index (χ0) is 11.7. The van der Waals surface area contributed by atoms with E-state index in [0.717, 1.165) is 19.6 Å². The molecule has 2 nitrogen and oxygen atoms in total. The van der Waals surface area contributed by atoms with Crippen LogP contribution < -0.4 is 0 Å². The number of rotatable bonds is 1. The van der Waals surface area contributed by atoms with Gasteiger partial charge in [-0.15, -0.1) is 0 Å². The van der Waals surface area contributed by atoms with Crippen LogP contribution in [0.25, 0.3) is 0 Å². The van der Waals surface area contributed by atoms with E-state index in [1.807, 2.05) is 0 Å². The van der Waals surface area contributed by atoms with Crippen LogP contribution in [-0.4, -0.2) is 24.9 Å². The van der Waals surface area contributed by atoms with E-state index >= 15 is 0 Å². The Morgan fingerprint density at radius 1 is 1.00 bits per heavy atom. The Morgan fingerprint density at radius 3 is 2.07 bits per heavy atom. The lowest BCUT2D eigenvalue weighted by molar-refractivity contribution is -0.140. The molecule has 2 unspecified atom stereocenters. The van der Waals surface area contributed by atoms with Crippen LogP contribution in [0.1, 0.15) is 48.0 Å². The Kier molecular flexibility index (Phi) is 3.83. The van der Waals surface area contributed by atoms with Gasteiger partial charge in [0.1, 0.15) is 0 Å². The first-order valence-corrected chi connectivity index (χ1v) is 5.94. The van der Waals surface area contributed by atoms with Gasteiger partial charge in [-0.3, -0.25) is 0 Å². The first-order chi connectivity index (χ1) is 6.68. The second kappa shape index (κ2) is 4.42. The van der Waals surface area contributed by atoms with Gasteiger partial charge in [0, 0.05) is 0 Å². The lowest BCUT2D eigenvalue weighted by Crippen LogP contribution is -2.40. The summed E-state index contributed by atoms with van der Waals surface area (Å²) in [6.07, 6.45) is 1.39. The highest BCUT2D eigenvalue weighted by Crippen LogP contribution is 2.34. The fourth-order valence-corrected chi connectivity index (χ4v) is 1.98. The van der Waals surface area contributed by atoms with Crippen LogP contribution in [0, 0.1) is 11.3 Å². The molecule has 1 rings (SSSR count). The third-order valence-corrected chi connectivity index (χ3v) is 2.92. The van der Waals surface area contributed by atoms with Crippen molar-refractivity contribution in [2.45, 2.75) is 59.7 Å². The van der Waals surface area contributed by atoms with Crippen LogP contribution >= 0.6 is 0 Å². The quantitative estimate of drug-likeness (QED) is 0.667. The Hall–Kier alpha value is -0.0800. The van der Waals surface area contributed by atoms with E-state index in [1.165, 1.54) is 0 Å². The van der Waals surface area contributed by atoms with E-state index in [4.69, 9.17) is 9.47 Å². The molecule has 15 heavy (non-hydrogen) atoms. The van der Waals surface area contributed by atoms with Gasteiger partial charge < -0.3 is 9.47 Å². The van der Waals surface area contributed by atoms with Crippen LogP contribution in [0.4, 0.5) is 0 Å². The topological polar surface area (TPSA) is 18.5 Å². The molecule has 0 amide bonds. The molecule has 2 heteroatoms. The standard InChI is InChI=1S/C13H26O2/c1-12(2,3)10-7-11(9-14-8-10)15-13(4,5)6/h10-11H,7-9H2,1-6H3. The molecule has 0 N–H and O–H groups in total. The van der Waals surface area contributed by atoms with Gasteiger partial charge in [-0.05, 0) is 38.5 Å². The van der Waals surface area contributed by atoms with Crippen LogP contribution in [0.3, 0.4) is 0 Å². The Labute approximate surface area is 94.3 Å². The van der Waals surface area contributed by atoms with Gasteiger partial charge in [0.25, 0.3) is 0 Å². The second-order valence-electron chi connectivity index (χ2n) is 6.69. The summed E-state index contributed by atoms with van der Waals surface area (Å²) in [7, 11) is 0. The van der Waals surface area contributed by atoms with Crippen LogP contribution in [0.2, 0.25) is 0 Å². The highest BCUT2D eigenvalue weighted by atomic mass is 16.5. The molecule has 0 spiro atoms. The first-order valence-electron chi connectivity index (χ1n) is 5.94. The monoisotopic (exact) mass is 214 g/mol. The number of hydrogen-bond acceptors (Lipinski definition) is 2. The third-order valence-electron chi connectivity index (χ3n) is 2.92. The van der Waals surface area contributed by atoms with E-state index < -0.39 is 0 Å². The van der Waals surface area contributed by atoms with E-state index in [2.05, 4.69) is 41.5 Å². The summed E-state index contributed by atoms with van der Waals surface area (Å²) in [5, 5.41) is 0. The smallest absolute Gasteiger partial charge is 0.0819 e. The van der Waals surface area contributed by atoms with Crippen molar-refractivity contribution in [2.75, 3.05) is 13.2 Å². The molecule has 0 aliphatic carbocycles. The summed E-state index contributed by atoms with van der Waals surface area (Å²) in [6.45, 7) is 14.8. The van der Waals surface area contributed by atoms with Crippen LogP contribution in [0.15, 0.2) is 0 Å². The molecule has 0 saturated carbocycles. The summed E-state index contributed by atoms with van der Waals surface area (Å²) >= 11 is 0. The van der Waals surface area contributed by atoms with Gasteiger partial charge >= 0.3 is 0 Å². The van der Waals surface area contributed by atoms with E-state index in [9.17, 15) is 0 Å². The minimum atomic E-state index is -0.0617. The zero-order valence-corrected chi connectivity index (χ0v) is 11.1. The SMILES string of the molecule is CC(C)(C)OC1COCC(C(C)(C)C)C1. The van der Waals surface area contributed by atoms with Gasteiger partial charge in [0.15, 0.2) is 0 Å². The summed E-state index contributed by atoms with van der Waals surface area (Å²) in [6, 6.07) is 0. The maximum absolute atomic E-state index is 5.98. The predicted molar refractivity (Wildman–Crippen MR) is 63.0 cm³/mol. The number of ether oxygens (including phenoxy) is 2. The average Bonchev–Trinajstić information content (AvgIpc) is 1.99. The highest BCUT2D eigenvalue weighted by Gasteiger charge is 2.33. The Morgan fingerprint density at radius 2 is 1.60 bits per heavy atom. The van der Waals surface area contributed by atoms with Crippen LogP contribution in [-0.2, 0) is 9.47 Å². The third kappa shape index (κ3) is 4.52. The average molecular weight is 214 g/mol. The Bertz CT molecular complexity index is 198. The molecule has 0 radical (unpaired) electrons. The summed E-state index contributed by atoms with van der Waals surface area (Å²) in [5.41, 5.74) is 0.258. The van der Waals surface area contributed by atoms with Gasteiger partial charge in [-0.1, -0.05) is 20.8 Å². The molecule has 1 fully saturated rings. The van der Waals surface area contributed by atoms with Crippen molar-refractivity contribution < 1.29 is 9.47 Å². The fraction of sp³-hybridized carbons (Fsp3) is 1.00. The molecule has 0 aromatic carbocycles. The molecule has 0 aromatic rings. The maximum atomic E-state index is 5.98. The van der Waals surface area contributed by atoms with Crippen molar-refractivity contribution in [3.05, 3.63) is 0 Å².